The molecule has 0 aliphatic heterocycles. The molecule has 15 heavy (non-hydrogen) atoms. The van der Waals surface area contributed by atoms with Gasteiger partial charge >= 0.3 is 0 Å². The van der Waals surface area contributed by atoms with E-state index in [1.807, 2.05) is 40.8 Å². The molecule has 1 aromatic rings. The molecule has 0 unspecified atom stereocenters. The second-order valence-corrected chi connectivity index (χ2v) is 5.08. The van der Waals surface area contributed by atoms with E-state index < -0.39 is 5.91 Å². The molecule has 1 aromatic heterocycles. The van der Waals surface area contributed by atoms with Gasteiger partial charge in [0.05, 0.1) is 0 Å². The minimum Gasteiger partial charge on any atom is -0.364 e. The van der Waals surface area contributed by atoms with Crippen LogP contribution in [0, 0.1) is 0 Å². The molecule has 0 radical (unpaired) electrons. The lowest BCUT2D eigenvalue weighted by Gasteiger charge is -2.17. The molecule has 1 rings (SSSR count). The zero-order chi connectivity index (χ0) is 11.8. The molecule has 1 heterocycles. The molecule has 4 nitrogen and oxygen atoms in total. The predicted octanol–water partition coefficient (Wildman–Crippen LogP) is 1.86. The van der Waals surface area contributed by atoms with Crippen LogP contribution < -0.4 is 5.73 Å². The van der Waals surface area contributed by atoms with Crippen molar-refractivity contribution in [2.75, 3.05) is 0 Å². The van der Waals surface area contributed by atoms with Crippen LogP contribution in [0.15, 0.2) is 6.20 Å². The Morgan fingerprint density at radius 2 is 2.00 bits per heavy atom. The molecule has 4 heteroatoms. The topological polar surface area (TPSA) is 60.9 Å². The third-order valence-corrected chi connectivity index (χ3v) is 2.30. The van der Waals surface area contributed by atoms with Crippen molar-refractivity contribution in [3.05, 3.63) is 17.5 Å². The van der Waals surface area contributed by atoms with Crippen LogP contribution in [0.5, 0.6) is 0 Å². The molecule has 2 N–H and O–H groups in total. The van der Waals surface area contributed by atoms with Gasteiger partial charge in [0, 0.05) is 17.8 Å². The van der Waals surface area contributed by atoms with E-state index in [4.69, 9.17) is 5.73 Å². The Hall–Kier alpha value is -1.32. The Bertz CT molecular complexity index is 372. The van der Waals surface area contributed by atoms with Crippen LogP contribution in [0.3, 0.4) is 0 Å². The molecule has 1 amide bonds. The smallest absolute Gasteiger partial charge is 0.269 e. The van der Waals surface area contributed by atoms with E-state index in [0.717, 1.165) is 5.56 Å². The minimum atomic E-state index is -0.459. The minimum absolute atomic E-state index is 0.114. The summed E-state index contributed by atoms with van der Waals surface area (Å²) >= 11 is 0. The molecule has 0 spiro atoms. The number of nitrogens with zero attached hydrogens (tertiary/aromatic N) is 2. The zero-order valence-corrected chi connectivity index (χ0v) is 10.0. The van der Waals surface area contributed by atoms with Gasteiger partial charge in [0.25, 0.3) is 5.91 Å². The number of carbonyl (C=O) groups is 1. The van der Waals surface area contributed by atoms with E-state index in [0.29, 0.717) is 5.69 Å². The van der Waals surface area contributed by atoms with Gasteiger partial charge in [-0.3, -0.25) is 9.48 Å². The summed E-state index contributed by atoms with van der Waals surface area (Å²) in [5.74, 6) is -0.459. The lowest BCUT2D eigenvalue weighted by atomic mass is 9.87. The van der Waals surface area contributed by atoms with Gasteiger partial charge < -0.3 is 5.73 Å². The van der Waals surface area contributed by atoms with Gasteiger partial charge in [-0.1, -0.05) is 20.8 Å². The van der Waals surface area contributed by atoms with E-state index in [1.165, 1.54) is 0 Å². The van der Waals surface area contributed by atoms with E-state index in [1.54, 1.807) is 4.68 Å². The summed E-state index contributed by atoms with van der Waals surface area (Å²) < 4.78 is 1.78. The molecule has 0 fully saturated rings. The van der Waals surface area contributed by atoms with Gasteiger partial charge in [0.15, 0.2) is 5.69 Å². The van der Waals surface area contributed by atoms with Gasteiger partial charge in [0.1, 0.15) is 0 Å². The first-order valence-electron chi connectivity index (χ1n) is 5.13. The van der Waals surface area contributed by atoms with Crippen LogP contribution >= 0.6 is 0 Å². The molecular weight excluding hydrogens is 190 g/mol. The maximum Gasteiger partial charge on any atom is 0.269 e. The van der Waals surface area contributed by atoms with Crippen LogP contribution in [-0.4, -0.2) is 15.7 Å². The summed E-state index contributed by atoms with van der Waals surface area (Å²) in [6, 6.07) is 0.235. The van der Waals surface area contributed by atoms with E-state index in [2.05, 4.69) is 5.10 Å². The third kappa shape index (κ3) is 2.37. The molecule has 0 aliphatic rings. The number of carbonyl (C=O) groups excluding carboxylic acids is 1. The van der Waals surface area contributed by atoms with Gasteiger partial charge in [0.2, 0.25) is 0 Å². The van der Waals surface area contributed by atoms with Crippen molar-refractivity contribution in [1.29, 1.82) is 0 Å². The third-order valence-electron chi connectivity index (χ3n) is 2.30. The largest absolute Gasteiger partial charge is 0.364 e. The normalized spacial score (nSPS) is 12.1. The second kappa shape index (κ2) is 3.68. The van der Waals surface area contributed by atoms with Crippen LogP contribution in [0.1, 0.15) is 56.7 Å². The molecule has 0 aliphatic carbocycles. The van der Waals surface area contributed by atoms with Crippen LogP contribution in [-0.2, 0) is 5.41 Å². The summed E-state index contributed by atoms with van der Waals surface area (Å²) in [6.07, 6.45) is 1.91. The monoisotopic (exact) mass is 209 g/mol. The molecule has 0 saturated heterocycles. The number of amides is 1. The molecule has 0 atom stereocenters. The first-order valence-corrected chi connectivity index (χ1v) is 5.13. The highest BCUT2D eigenvalue weighted by Crippen LogP contribution is 2.25. The van der Waals surface area contributed by atoms with Crippen molar-refractivity contribution < 1.29 is 4.79 Å². The van der Waals surface area contributed by atoms with E-state index in [9.17, 15) is 4.79 Å². The highest BCUT2D eigenvalue weighted by Gasteiger charge is 2.24. The Morgan fingerprint density at radius 1 is 1.47 bits per heavy atom. The zero-order valence-electron chi connectivity index (χ0n) is 10.0. The summed E-state index contributed by atoms with van der Waals surface area (Å²) in [4.78, 5) is 11.3. The number of primary amides is 1. The van der Waals surface area contributed by atoms with E-state index >= 15 is 0 Å². The second-order valence-electron chi connectivity index (χ2n) is 5.08. The average molecular weight is 209 g/mol. The number of aromatic nitrogens is 2. The fourth-order valence-corrected chi connectivity index (χ4v) is 1.39. The number of hydrogen-bond acceptors (Lipinski definition) is 2. The number of nitrogens with two attached hydrogens (primary N) is 1. The molecule has 0 aromatic carbocycles. The van der Waals surface area contributed by atoms with Crippen molar-refractivity contribution in [3.8, 4) is 0 Å². The summed E-state index contributed by atoms with van der Waals surface area (Å²) in [6.45, 7) is 10.2. The van der Waals surface area contributed by atoms with Gasteiger partial charge in [-0.2, -0.15) is 5.10 Å². The number of hydrogen-bond donors (Lipinski definition) is 1. The lowest BCUT2D eigenvalue weighted by Crippen LogP contribution is -2.20. The molecule has 84 valence electrons. The number of rotatable bonds is 2. The van der Waals surface area contributed by atoms with Crippen molar-refractivity contribution in [2.24, 2.45) is 5.73 Å². The quantitative estimate of drug-likeness (QED) is 0.808. The molecular formula is C11H19N3O. The van der Waals surface area contributed by atoms with Crippen molar-refractivity contribution in [1.82, 2.24) is 9.78 Å². The van der Waals surface area contributed by atoms with Gasteiger partial charge in [-0.25, -0.2) is 0 Å². The fraction of sp³-hybridized carbons (Fsp3) is 0.636. The van der Waals surface area contributed by atoms with E-state index in [-0.39, 0.29) is 11.5 Å². The summed E-state index contributed by atoms with van der Waals surface area (Å²) in [5, 5.41) is 4.22. The maximum atomic E-state index is 11.3. The molecule has 0 saturated carbocycles. The first kappa shape index (κ1) is 11.8. The van der Waals surface area contributed by atoms with Crippen molar-refractivity contribution >= 4 is 5.91 Å². The van der Waals surface area contributed by atoms with Crippen LogP contribution in [0.4, 0.5) is 0 Å². The maximum absolute atomic E-state index is 11.3. The Labute approximate surface area is 90.5 Å². The van der Waals surface area contributed by atoms with Gasteiger partial charge in [-0.05, 0) is 19.3 Å². The Balaban J connectivity index is 3.30. The lowest BCUT2D eigenvalue weighted by molar-refractivity contribution is 0.0992. The SMILES string of the molecule is CC(C)n1cc(C(C)(C)C)c(C(N)=O)n1. The van der Waals surface area contributed by atoms with Crippen molar-refractivity contribution in [2.45, 2.75) is 46.1 Å². The first-order chi connectivity index (χ1) is 6.73. The highest BCUT2D eigenvalue weighted by molar-refractivity contribution is 5.92. The van der Waals surface area contributed by atoms with Crippen LogP contribution in [0.25, 0.3) is 0 Å². The average Bonchev–Trinajstić information content (AvgIpc) is 2.45. The Kier molecular flexibility index (Phi) is 2.88. The van der Waals surface area contributed by atoms with Crippen molar-refractivity contribution in [3.63, 3.8) is 0 Å². The summed E-state index contributed by atoms with van der Waals surface area (Å²) in [7, 11) is 0. The standard InChI is InChI=1S/C11H19N3O/c1-7(2)14-6-8(11(3,4)5)9(13-14)10(12)15/h6-7H,1-5H3,(H2,12,15). The fourth-order valence-electron chi connectivity index (χ4n) is 1.39. The predicted molar refractivity (Wildman–Crippen MR) is 59.8 cm³/mol. The van der Waals surface area contributed by atoms with Crippen LogP contribution in [0.2, 0.25) is 0 Å². The Morgan fingerprint density at radius 3 is 2.27 bits per heavy atom. The molecule has 0 bridgehead atoms. The summed E-state index contributed by atoms with van der Waals surface area (Å²) in [5.41, 5.74) is 6.49. The van der Waals surface area contributed by atoms with Gasteiger partial charge in [-0.15, -0.1) is 0 Å². The highest BCUT2D eigenvalue weighted by atomic mass is 16.1.